The summed E-state index contributed by atoms with van der Waals surface area (Å²) in [6, 6.07) is 2.08. The summed E-state index contributed by atoms with van der Waals surface area (Å²) in [5.74, 6) is 0.193. The van der Waals surface area contributed by atoms with E-state index in [1.54, 1.807) is 7.11 Å². The molecule has 0 spiro atoms. The maximum absolute atomic E-state index is 11.9. The molecule has 5 heteroatoms. The van der Waals surface area contributed by atoms with Gasteiger partial charge in [-0.2, -0.15) is 5.26 Å². The van der Waals surface area contributed by atoms with Gasteiger partial charge in [0.15, 0.2) is 0 Å². The highest BCUT2D eigenvalue weighted by atomic mass is 16.5. The first-order chi connectivity index (χ1) is 8.77. The third kappa shape index (κ3) is 5.48. The minimum absolute atomic E-state index is 0.193. The molecule has 0 saturated carbocycles. The molecule has 1 aliphatic heterocycles. The second-order valence-corrected chi connectivity index (χ2v) is 4.58. The van der Waals surface area contributed by atoms with Gasteiger partial charge in [0.1, 0.15) is 0 Å². The maximum atomic E-state index is 11.9. The van der Waals surface area contributed by atoms with Crippen LogP contribution < -0.4 is 0 Å². The predicted molar refractivity (Wildman–Crippen MR) is 69.0 cm³/mol. The van der Waals surface area contributed by atoms with E-state index in [0.717, 1.165) is 45.8 Å². The van der Waals surface area contributed by atoms with Gasteiger partial charge in [-0.1, -0.05) is 0 Å². The Morgan fingerprint density at radius 2 is 2.17 bits per heavy atom. The monoisotopic (exact) mass is 253 g/mol. The minimum Gasteiger partial charge on any atom is -0.383 e. The molecule has 102 valence electrons. The molecule has 1 amide bonds. The maximum Gasteiger partial charge on any atom is 0.222 e. The molecule has 1 saturated heterocycles. The van der Waals surface area contributed by atoms with Crippen molar-refractivity contribution in [2.45, 2.75) is 25.7 Å². The van der Waals surface area contributed by atoms with E-state index in [4.69, 9.17) is 10.00 Å². The van der Waals surface area contributed by atoms with Crippen LogP contribution in [0.1, 0.15) is 25.7 Å². The first-order valence-electron chi connectivity index (χ1n) is 6.64. The quantitative estimate of drug-likeness (QED) is 0.659. The zero-order valence-corrected chi connectivity index (χ0v) is 11.2. The molecular weight excluding hydrogens is 230 g/mol. The molecule has 0 N–H and O–H groups in total. The Morgan fingerprint density at radius 1 is 1.33 bits per heavy atom. The summed E-state index contributed by atoms with van der Waals surface area (Å²) in [6.45, 7) is 5.28. The van der Waals surface area contributed by atoms with E-state index in [9.17, 15) is 4.79 Å². The summed E-state index contributed by atoms with van der Waals surface area (Å²) in [6.07, 6.45) is 2.68. The number of amides is 1. The molecule has 1 aliphatic rings. The molecule has 0 atom stereocenters. The Labute approximate surface area is 109 Å². The third-order valence-electron chi connectivity index (χ3n) is 3.23. The molecule has 0 aliphatic carbocycles. The number of hydrogen-bond acceptors (Lipinski definition) is 4. The largest absolute Gasteiger partial charge is 0.383 e. The first-order valence-corrected chi connectivity index (χ1v) is 6.64. The van der Waals surface area contributed by atoms with Crippen LogP contribution in [0, 0.1) is 11.3 Å². The topological polar surface area (TPSA) is 56.6 Å². The second-order valence-electron chi connectivity index (χ2n) is 4.58. The smallest absolute Gasteiger partial charge is 0.222 e. The van der Waals surface area contributed by atoms with Crippen LogP contribution in [0.2, 0.25) is 0 Å². The molecule has 0 bridgehead atoms. The summed E-state index contributed by atoms with van der Waals surface area (Å²) in [5, 5.41) is 8.46. The van der Waals surface area contributed by atoms with Crippen molar-refractivity contribution in [1.82, 2.24) is 9.80 Å². The highest BCUT2D eigenvalue weighted by molar-refractivity contribution is 5.76. The van der Waals surface area contributed by atoms with Crippen molar-refractivity contribution in [3.63, 3.8) is 0 Å². The predicted octanol–water partition coefficient (Wildman–Crippen LogP) is 0.861. The lowest BCUT2D eigenvalue weighted by Gasteiger charge is -2.21. The molecule has 18 heavy (non-hydrogen) atoms. The Balaban J connectivity index is 2.28. The number of nitrogens with zero attached hydrogens (tertiary/aromatic N) is 3. The first kappa shape index (κ1) is 14.9. The Morgan fingerprint density at radius 3 is 2.89 bits per heavy atom. The van der Waals surface area contributed by atoms with Crippen LogP contribution in [0.25, 0.3) is 0 Å². The normalized spacial score (nSPS) is 17.2. The molecule has 1 rings (SSSR count). The van der Waals surface area contributed by atoms with Crippen molar-refractivity contribution in [1.29, 1.82) is 5.26 Å². The molecule has 0 radical (unpaired) electrons. The summed E-state index contributed by atoms with van der Waals surface area (Å²) in [4.78, 5) is 16.2. The van der Waals surface area contributed by atoms with E-state index >= 15 is 0 Å². The van der Waals surface area contributed by atoms with Crippen LogP contribution >= 0.6 is 0 Å². The van der Waals surface area contributed by atoms with Crippen molar-refractivity contribution < 1.29 is 9.53 Å². The molecule has 1 heterocycles. The highest BCUT2D eigenvalue weighted by Gasteiger charge is 2.18. The zero-order valence-electron chi connectivity index (χ0n) is 11.2. The summed E-state index contributed by atoms with van der Waals surface area (Å²) in [7, 11) is 1.71. The molecule has 1 fully saturated rings. The number of methoxy groups -OCH3 is 1. The molecule has 5 nitrogen and oxygen atoms in total. The van der Waals surface area contributed by atoms with Crippen LogP contribution in [-0.2, 0) is 9.53 Å². The van der Waals surface area contributed by atoms with Crippen molar-refractivity contribution in [2.24, 2.45) is 0 Å². The van der Waals surface area contributed by atoms with Crippen LogP contribution in [-0.4, -0.2) is 62.1 Å². The SMILES string of the molecule is COCCN1CCCN(C(=O)CCCC#N)CC1. The van der Waals surface area contributed by atoms with E-state index < -0.39 is 0 Å². The Kier molecular flexibility index (Phi) is 7.38. The summed E-state index contributed by atoms with van der Waals surface area (Å²) in [5.41, 5.74) is 0. The number of unbranched alkanes of at least 4 members (excludes halogenated alkanes) is 1. The van der Waals surface area contributed by atoms with Gasteiger partial charge in [0.25, 0.3) is 0 Å². The molecule has 0 aromatic heterocycles. The van der Waals surface area contributed by atoms with Gasteiger partial charge in [-0.05, 0) is 19.4 Å². The van der Waals surface area contributed by atoms with Gasteiger partial charge in [-0.25, -0.2) is 0 Å². The van der Waals surface area contributed by atoms with Crippen LogP contribution in [0.3, 0.4) is 0 Å². The lowest BCUT2D eigenvalue weighted by atomic mass is 10.2. The average Bonchev–Trinajstić information content (AvgIpc) is 2.62. The van der Waals surface area contributed by atoms with Crippen molar-refractivity contribution in [2.75, 3.05) is 46.4 Å². The van der Waals surface area contributed by atoms with Gasteiger partial charge >= 0.3 is 0 Å². The number of ether oxygens (including phenoxy) is 1. The number of nitriles is 1. The van der Waals surface area contributed by atoms with E-state index in [2.05, 4.69) is 11.0 Å². The third-order valence-corrected chi connectivity index (χ3v) is 3.23. The van der Waals surface area contributed by atoms with E-state index in [1.807, 2.05) is 4.90 Å². The lowest BCUT2D eigenvalue weighted by Crippen LogP contribution is -2.35. The molecule has 0 unspecified atom stereocenters. The number of carbonyl (C=O) groups is 1. The van der Waals surface area contributed by atoms with Crippen molar-refractivity contribution >= 4 is 5.91 Å². The molecule has 0 aromatic carbocycles. The highest BCUT2D eigenvalue weighted by Crippen LogP contribution is 2.06. The van der Waals surface area contributed by atoms with Gasteiger partial charge in [-0.3, -0.25) is 9.69 Å². The van der Waals surface area contributed by atoms with E-state index in [0.29, 0.717) is 19.3 Å². The molecular formula is C13H23N3O2. The van der Waals surface area contributed by atoms with Gasteiger partial charge in [0, 0.05) is 46.1 Å². The van der Waals surface area contributed by atoms with Gasteiger partial charge in [0.2, 0.25) is 5.91 Å². The van der Waals surface area contributed by atoms with Crippen molar-refractivity contribution in [3.8, 4) is 6.07 Å². The number of hydrogen-bond donors (Lipinski definition) is 0. The lowest BCUT2D eigenvalue weighted by molar-refractivity contribution is -0.131. The zero-order chi connectivity index (χ0) is 13.2. The van der Waals surface area contributed by atoms with Gasteiger partial charge < -0.3 is 9.64 Å². The molecule has 0 aromatic rings. The van der Waals surface area contributed by atoms with Crippen LogP contribution in [0.15, 0.2) is 0 Å². The summed E-state index contributed by atoms with van der Waals surface area (Å²) < 4.78 is 5.07. The number of carbonyl (C=O) groups excluding carboxylic acids is 1. The Bertz CT molecular complexity index is 288. The fourth-order valence-corrected chi connectivity index (χ4v) is 2.14. The van der Waals surface area contributed by atoms with Gasteiger partial charge in [-0.15, -0.1) is 0 Å². The van der Waals surface area contributed by atoms with E-state index in [-0.39, 0.29) is 5.91 Å². The fourth-order valence-electron chi connectivity index (χ4n) is 2.14. The van der Waals surface area contributed by atoms with Crippen molar-refractivity contribution in [3.05, 3.63) is 0 Å². The number of rotatable bonds is 6. The van der Waals surface area contributed by atoms with E-state index in [1.165, 1.54) is 0 Å². The average molecular weight is 253 g/mol. The minimum atomic E-state index is 0.193. The fraction of sp³-hybridized carbons (Fsp3) is 0.846. The standard InChI is InChI=1S/C13H23N3O2/c1-18-12-11-15-7-4-8-16(10-9-15)13(17)5-2-3-6-14/h2-5,7-12H2,1H3. The Hall–Kier alpha value is -1.12. The van der Waals surface area contributed by atoms with Crippen LogP contribution in [0.4, 0.5) is 0 Å². The summed E-state index contributed by atoms with van der Waals surface area (Å²) >= 11 is 0. The van der Waals surface area contributed by atoms with Crippen LogP contribution in [0.5, 0.6) is 0 Å². The van der Waals surface area contributed by atoms with Gasteiger partial charge in [0.05, 0.1) is 12.7 Å². The second kappa shape index (κ2) is 8.90.